The summed E-state index contributed by atoms with van der Waals surface area (Å²) in [6.07, 6.45) is 1.22. The molecule has 15 heavy (non-hydrogen) atoms. The van der Waals surface area contributed by atoms with E-state index >= 15 is 0 Å². The van der Waals surface area contributed by atoms with Crippen LogP contribution in [0.5, 0.6) is 0 Å². The molecule has 1 fully saturated rings. The number of likely N-dealkylation sites (N-methyl/N-ethyl adjacent to an activating group) is 1. The van der Waals surface area contributed by atoms with Gasteiger partial charge in [0.2, 0.25) is 0 Å². The van der Waals surface area contributed by atoms with Crippen molar-refractivity contribution in [2.24, 2.45) is 11.7 Å². The van der Waals surface area contributed by atoms with E-state index in [2.05, 4.69) is 30.7 Å². The molecule has 0 aromatic carbocycles. The maximum absolute atomic E-state index is 5.64. The molecular formula is C11H23N3S. The second-order valence-corrected chi connectivity index (χ2v) is 5.08. The van der Waals surface area contributed by atoms with Crippen molar-refractivity contribution in [2.75, 3.05) is 33.2 Å². The molecule has 0 aliphatic carbocycles. The summed E-state index contributed by atoms with van der Waals surface area (Å²) in [5.74, 6) is 0.334. The van der Waals surface area contributed by atoms with Crippen molar-refractivity contribution in [1.82, 2.24) is 9.80 Å². The standard InChI is InChI=1S/C11H23N3S/c1-4-10-8-14(6-5-13(10)3)7-9(2)11(12)15/h9-10H,4-8H2,1-3H3,(H2,12,15). The highest BCUT2D eigenvalue weighted by Gasteiger charge is 2.23. The Bertz CT molecular complexity index is 220. The van der Waals surface area contributed by atoms with Crippen molar-refractivity contribution in [3.8, 4) is 0 Å². The molecule has 0 spiro atoms. The van der Waals surface area contributed by atoms with E-state index in [-0.39, 0.29) is 0 Å². The molecule has 2 N–H and O–H groups in total. The zero-order chi connectivity index (χ0) is 11.4. The number of piperazine rings is 1. The van der Waals surface area contributed by atoms with E-state index < -0.39 is 0 Å². The van der Waals surface area contributed by atoms with Crippen LogP contribution in [0.1, 0.15) is 20.3 Å². The highest BCUT2D eigenvalue weighted by Crippen LogP contribution is 2.12. The summed E-state index contributed by atoms with van der Waals surface area (Å²) in [5, 5.41) is 0. The first-order valence-corrected chi connectivity index (χ1v) is 6.17. The molecule has 1 heterocycles. The average Bonchev–Trinajstić information content (AvgIpc) is 2.20. The number of thiocarbonyl (C=S) groups is 1. The van der Waals surface area contributed by atoms with Gasteiger partial charge in [-0.2, -0.15) is 0 Å². The molecule has 88 valence electrons. The van der Waals surface area contributed by atoms with Crippen LogP contribution in [-0.4, -0.2) is 54.1 Å². The highest BCUT2D eigenvalue weighted by molar-refractivity contribution is 7.80. The van der Waals surface area contributed by atoms with Gasteiger partial charge in [0, 0.05) is 38.1 Å². The van der Waals surface area contributed by atoms with Gasteiger partial charge in [-0.25, -0.2) is 0 Å². The molecule has 1 aliphatic heterocycles. The zero-order valence-electron chi connectivity index (χ0n) is 10.1. The fourth-order valence-electron chi connectivity index (χ4n) is 2.09. The predicted molar refractivity (Wildman–Crippen MR) is 69.1 cm³/mol. The van der Waals surface area contributed by atoms with E-state index in [0.29, 0.717) is 16.9 Å². The van der Waals surface area contributed by atoms with Crippen molar-refractivity contribution < 1.29 is 0 Å². The fraction of sp³-hybridized carbons (Fsp3) is 0.909. The predicted octanol–water partition coefficient (Wildman–Crippen LogP) is 0.935. The third-order valence-electron chi connectivity index (χ3n) is 3.35. The lowest BCUT2D eigenvalue weighted by Gasteiger charge is -2.40. The molecular weight excluding hydrogens is 206 g/mol. The van der Waals surface area contributed by atoms with Gasteiger partial charge in [-0.15, -0.1) is 0 Å². The van der Waals surface area contributed by atoms with Gasteiger partial charge in [0.15, 0.2) is 0 Å². The maximum atomic E-state index is 5.64. The van der Waals surface area contributed by atoms with E-state index in [9.17, 15) is 0 Å². The monoisotopic (exact) mass is 229 g/mol. The van der Waals surface area contributed by atoms with E-state index in [1.54, 1.807) is 0 Å². The normalized spacial score (nSPS) is 26.5. The Hall–Kier alpha value is -0.190. The fourth-order valence-corrected chi connectivity index (χ4v) is 2.17. The van der Waals surface area contributed by atoms with E-state index in [4.69, 9.17) is 18.0 Å². The summed E-state index contributed by atoms with van der Waals surface area (Å²) in [5.41, 5.74) is 5.64. The van der Waals surface area contributed by atoms with Gasteiger partial charge in [0.1, 0.15) is 0 Å². The van der Waals surface area contributed by atoms with Crippen LogP contribution in [0.4, 0.5) is 0 Å². The molecule has 1 aliphatic rings. The van der Waals surface area contributed by atoms with Gasteiger partial charge in [0.25, 0.3) is 0 Å². The molecule has 2 unspecified atom stereocenters. The molecule has 0 aromatic rings. The molecule has 1 saturated heterocycles. The van der Waals surface area contributed by atoms with Gasteiger partial charge in [-0.3, -0.25) is 4.90 Å². The Morgan fingerprint density at radius 2 is 2.20 bits per heavy atom. The zero-order valence-corrected chi connectivity index (χ0v) is 10.9. The largest absolute Gasteiger partial charge is 0.393 e. The topological polar surface area (TPSA) is 32.5 Å². The average molecular weight is 229 g/mol. The molecule has 4 heteroatoms. The Morgan fingerprint density at radius 1 is 1.53 bits per heavy atom. The van der Waals surface area contributed by atoms with Gasteiger partial charge in [-0.1, -0.05) is 26.1 Å². The van der Waals surface area contributed by atoms with Crippen LogP contribution in [0.25, 0.3) is 0 Å². The molecule has 0 saturated carbocycles. The smallest absolute Gasteiger partial charge is 0.0768 e. The van der Waals surface area contributed by atoms with Crippen molar-refractivity contribution in [1.29, 1.82) is 0 Å². The summed E-state index contributed by atoms with van der Waals surface area (Å²) in [4.78, 5) is 5.57. The first-order chi connectivity index (χ1) is 7.04. The van der Waals surface area contributed by atoms with Crippen LogP contribution in [-0.2, 0) is 0 Å². The van der Waals surface area contributed by atoms with E-state index in [1.165, 1.54) is 6.42 Å². The minimum atomic E-state index is 0.334. The SMILES string of the molecule is CCC1CN(CC(C)C(N)=S)CCN1C. The minimum absolute atomic E-state index is 0.334. The second kappa shape index (κ2) is 5.77. The quantitative estimate of drug-likeness (QED) is 0.727. The third-order valence-corrected chi connectivity index (χ3v) is 3.75. The third kappa shape index (κ3) is 3.70. The molecule has 2 atom stereocenters. The lowest BCUT2D eigenvalue weighted by molar-refractivity contribution is 0.0891. The Balaban J connectivity index is 2.41. The maximum Gasteiger partial charge on any atom is 0.0768 e. The number of rotatable bonds is 4. The number of nitrogens with two attached hydrogens (primary N) is 1. The first-order valence-electron chi connectivity index (χ1n) is 5.76. The molecule has 0 radical (unpaired) electrons. The molecule has 0 bridgehead atoms. The number of nitrogens with zero attached hydrogens (tertiary/aromatic N) is 2. The van der Waals surface area contributed by atoms with Crippen LogP contribution >= 0.6 is 12.2 Å². The summed E-state index contributed by atoms with van der Waals surface area (Å²) in [6.45, 7) is 8.82. The summed E-state index contributed by atoms with van der Waals surface area (Å²) < 4.78 is 0. The molecule has 3 nitrogen and oxygen atoms in total. The second-order valence-electron chi connectivity index (χ2n) is 4.61. The van der Waals surface area contributed by atoms with Crippen LogP contribution < -0.4 is 5.73 Å². The number of hydrogen-bond acceptors (Lipinski definition) is 3. The van der Waals surface area contributed by atoms with E-state index in [1.807, 2.05) is 0 Å². The summed E-state index contributed by atoms with van der Waals surface area (Å²) in [7, 11) is 2.21. The van der Waals surface area contributed by atoms with Crippen LogP contribution in [0, 0.1) is 5.92 Å². The van der Waals surface area contributed by atoms with Gasteiger partial charge < -0.3 is 10.6 Å². The van der Waals surface area contributed by atoms with Gasteiger partial charge in [-0.05, 0) is 13.5 Å². The minimum Gasteiger partial charge on any atom is -0.393 e. The lowest BCUT2D eigenvalue weighted by Crippen LogP contribution is -2.52. The van der Waals surface area contributed by atoms with Gasteiger partial charge >= 0.3 is 0 Å². The van der Waals surface area contributed by atoms with Crippen LogP contribution in [0.2, 0.25) is 0 Å². The number of hydrogen-bond donors (Lipinski definition) is 1. The molecule has 0 amide bonds. The first kappa shape index (κ1) is 12.9. The lowest BCUT2D eigenvalue weighted by atomic mass is 10.1. The highest BCUT2D eigenvalue weighted by atomic mass is 32.1. The Morgan fingerprint density at radius 3 is 2.73 bits per heavy atom. The molecule has 0 aromatic heterocycles. The summed E-state index contributed by atoms with van der Waals surface area (Å²) in [6, 6.07) is 0.692. The van der Waals surface area contributed by atoms with Crippen LogP contribution in [0.3, 0.4) is 0 Å². The van der Waals surface area contributed by atoms with Crippen molar-refractivity contribution in [3.63, 3.8) is 0 Å². The van der Waals surface area contributed by atoms with Gasteiger partial charge in [0.05, 0.1) is 4.99 Å². The van der Waals surface area contributed by atoms with Crippen LogP contribution in [0.15, 0.2) is 0 Å². The summed E-state index contributed by atoms with van der Waals surface area (Å²) >= 11 is 5.01. The van der Waals surface area contributed by atoms with E-state index in [0.717, 1.165) is 26.2 Å². The molecule has 1 rings (SSSR count). The Kier molecular flexibility index (Phi) is 4.96. The van der Waals surface area contributed by atoms with Crippen molar-refractivity contribution in [3.05, 3.63) is 0 Å². The Labute approximate surface area is 98.6 Å². The van der Waals surface area contributed by atoms with Crippen molar-refractivity contribution in [2.45, 2.75) is 26.3 Å². The van der Waals surface area contributed by atoms with Crippen molar-refractivity contribution >= 4 is 17.2 Å².